The van der Waals surface area contributed by atoms with Crippen molar-refractivity contribution >= 4 is 5.97 Å². The average Bonchev–Trinajstić information content (AvgIpc) is 2.67. The minimum Gasteiger partial charge on any atom is -0.481 e. The van der Waals surface area contributed by atoms with Gasteiger partial charge in [0.05, 0.1) is 12.0 Å². The number of carbonyl (C=O) groups is 1. The molecule has 5 nitrogen and oxygen atoms in total. The third-order valence-electron chi connectivity index (χ3n) is 2.59. The van der Waals surface area contributed by atoms with Gasteiger partial charge >= 0.3 is 5.97 Å². The second-order valence-corrected chi connectivity index (χ2v) is 3.99. The molecule has 0 aliphatic rings. The van der Waals surface area contributed by atoms with Gasteiger partial charge in [0.15, 0.2) is 5.82 Å². The van der Waals surface area contributed by atoms with E-state index in [-0.39, 0.29) is 24.2 Å². The molecule has 1 heterocycles. The number of carboxylic acid groups (broad SMARTS) is 1. The van der Waals surface area contributed by atoms with Crippen molar-refractivity contribution in [1.82, 2.24) is 14.8 Å². The molecule has 0 aliphatic heterocycles. The Labute approximate surface area is 107 Å². The Hall–Kier alpha value is -2.31. The normalized spacial score (nSPS) is 10.7. The van der Waals surface area contributed by atoms with Gasteiger partial charge in [-0.2, -0.15) is 5.10 Å². The second kappa shape index (κ2) is 5.13. The zero-order valence-electron chi connectivity index (χ0n) is 10.1. The molecule has 7 heteroatoms. The van der Waals surface area contributed by atoms with Crippen LogP contribution in [0.4, 0.5) is 8.78 Å². The van der Waals surface area contributed by atoms with Crippen molar-refractivity contribution in [2.24, 2.45) is 7.05 Å². The van der Waals surface area contributed by atoms with Crippen LogP contribution in [0.5, 0.6) is 0 Å². The first kappa shape index (κ1) is 13.1. The van der Waals surface area contributed by atoms with Crippen molar-refractivity contribution in [3.63, 3.8) is 0 Å². The highest BCUT2D eigenvalue weighted by Crippen LogP contribution is 2.20. The lowest BCUT2D eigenvalue weighted by Gasteiger charge is -1.97. The molecule has 0 saturated heterocycles. The molecule has 0 atom stereocenters. The summed E-state index contributed by atoms with van der Waals surface area (Å²) < 4.78 is 27.8. The van der Waals surface area contributed by atoms with E-state index in [0.717, 1.165) is 12.1 Å². The Morgan fingerprint density at radius 2 is 2.16 bits per heavy atom. The minimum absolute atomic E-state index is 0.0820. The monoisotopic (exact) mass is 267 g/mol. The number of halogens is 2. The van der Waals surface area contributed by atoms with Crippen LogP contribution in [0.2, 0.25) is 0 Å². The molecular weight excluding hydrogens is 256 g/mol. The summed E-state index contributed by atoms with van der Waals surface area (Å²) in [7, 11) is 1.59. The van der Waals surface area contributed by atoms with Gasteiger partial charge in [-0.15, -0.1) is 0 Å². The molecule has 0 bridgehead atoms. The number of aryl methyl sites for hydroxylation is 2. The van der Waals surface area contributed by atoms with E-state index in [1.54, 1.807) is 7.05 Å². The van der Waals surface area contributed by atoms with E-state index >= 15 is 0 Å². The van der Waals surface area contributed by atoms with Crippen LogP contribution in [0.15, 0.2) is 18.2 Å². The maximum atomic E-state index is 13.6. The molecule has 1 aromatic heterocycles. The van der Waals surface area contributed by atoms with Crippen LogP contribution >= 0.6 is 0 Å². The van der Waals surface area contributed by atoms with Crippen LogP contribution in [0, 0.1) is 11.6 Å². The predicted molar refractivity (Wildman–Crippen MR) is 62.3 cm³/mol. The van der Waals surface area contributed by atoms with Gasteiger partial charge in [0.1, 0.15) is 17.5 Å². The first-order valence-corrected chi connectivity index (χ1v) is 5.54. The molecule has 0 saturated carbocycles. The molecule has 0 unspecified atom stereocenters. The highest BCUT2D eigenvalue weighted by atomic mass is 19.1. The van der Waals surface area contributed by atoms with Gasteiger partial charge in [-0.3, -0.25) is 9.48 Å². The fourth-order valence-corrected chi connectivity index (χ4v) is 1.64. The summed E-state index contributed by atoms with van der Waals surface area (Å²) in [4.78, 5) is 14.6. The molecule has 2 aromatic rings. The second-order valence-electron chi connectivity index (χ2n) is 3.99. The molecule has 100 valence electrons. The molecular formula is C12H11F2N3O2. The van der Waals surface area contributed by atoms with E-state index < -0.39 is 17.6 Å². The largest absolute Gasteiger partial charge is 0.481 e. The molecule has 1 aromatic carbocycles. The Balaban J connectivity index is 2.31. The van der Waals surface area contributed by atoms with Crippen molar-refractivity contribution < 1.29 is 18.7 Å². The molecule has 19 heavy (non-hydrogen) atoms. The fourth-order valence-electron chi connectivity index (χ4n) is 1.64. The van der Waals surface area contributed by atoms with Crippen molar-refractivity contribution in [3.05, 3.63) is 35.7 Å². The fraction of sp³-hybridized carbons (Fsp3) is 0.250. The number of aliphatic carboxylic acids is 1. The zero-order valence-corrected chi connectivity index (χ0v) is 10.1. The van der Waals surface area contributed by atoms with Crippen LogP contribution in [0.3, 0.4) is 0 Å². The van der Waals surface area contributed by atoms with Gasteiger partial charge in [-0.25, -0.2) is 13.8 Å². The number of nitrogens with zero attached hydrogens (tertiary/aromatic N) is 3. The zero-order chi connectivity index (χ0) is 14.0. The smallest absolute Gasteiger partial charge is 0.303 e. The van der Waals surface area contributed by atoms with E-state index in [9.17, 15) is 13.6 Å². The average molecular weight is 267 g/mol. The summed E-state index contributed by atoms with van der Waals surface area (Å²) in [6.45, 7) is 0. The summed E-state index contributed by atoms with van der Waals surface area (Å²) in [5.41, 5.74) is 0.0820. The molecule has 0 amide bonds. The highest BCUT2D eigenvalue weighted by Gasteiger charge is 2.14. The maximum absolute atomic E-state index is 13.6. The summed E-state index contributed by atoms with van der Waals surface area (Å²) >= 11 is 0. The first-order chi connectivity index (χ1) is 8.97. The Kier molecular flexibility index (Phi) is 3.55. The summed E-state index contributed by atoms with van der Waals surface area (Å²) in [5.74, 6) is -1.84. The van der Waals surface area contributed by atoms with Gasteiger partial charge in [0.2, 0.25) is 0 Å². The Bertz CT molecular complexity index is 625. The van der Waals surface area contributed by atoms with Crippen LogP contribution in [-0.2, 0) is 18.3 Å². The number of hydrogen-bond donors (Lipinski definition) is 1. The first-order valence-electron chi connectivity index (χ1n) is 5.54. The summed E-state index contributed by atoms with van der Waals surface area (Å²) in [5, 5.41) is 12.6. The van der Waals surface area contributed by atoms with Crippen molar-refractivity contribution in [2.45, 2.75) is 12.8 Å². The Morgan fingerprint density at radius 1 is 1.42 bits per heavy atom. The van der Waals surface area contributed by atoms with Crippen LogP contribution in [-0.4, -0.2) is 25.8 Å². The van der Waals surface area contributed by atoms with Gasteiger partial charge in [-0.05, 0) is 12.1 Å². The van der Waals surface area contributed by atoms with Crippen LogP contribution < -0.4 is 0 Å². The molecule has 0 spiro atoms. The standard InChI is InChI=1S/C12H11F2N3O2/c1-17-10(4-5-11(18)19)15-12(16-17)8-3-2-7(13)6-9(8)14/h2-3,6H,4-5H2,1H3,(H,18,19). The summed E-state index contributed by atoms with van der Waals surface area (Å²) in [6, 6.07) is 3.12. The van der Waals surface area contributed by atoms with E-state index in [0.29, 0.717) is 5.82 Å². The molecule has 2 rings (SSSR count). The molecule has 0 radical (unpaired) electrons. The van der Waals surface area contributed by atoms with Crippen molar-refractivity contribution in [3.8, 4) is 11.4 Å². The quantitative estimate of drug-likeness (QED) is 0.916. The maximum Gasteiger partial charge on any atom is 0.303 e. The van der Waals surface area contributed by atoms with E-state index in [1.807, 2.05) is 0 Å². The van der Waals surface area contributed by atoms with Crippen molar-refractivity contribution in [2.75, 3.05) is 0 Å². The SMILES string of the molecule is Cn1nc(-c2ccc(F)cc2F)nc1CCC(=O)O. The molecule has 0 fully saturated rings. The highest BCUT2D eigenvalue weighted by molar-refractivity contribution is 5.67. The third kappa shape index (κ3) is 2.93. The van der Waals surface area contributed by atoms with Gasteiger partial charge in [0.25, 0.3) is 0 Å². The lowest BCUT2D eigenvalue weighted by Crippen LogP contribution is -2.03. The van der Waals surface area contributed by atoms with Gasteiger partial charge in [-0.1, -0.05) is 0 Å². The minimum atomic E-state index is -0.947. The van der Waals surface area contributed by atoms with Crippen LogP contribution in [0.1, 0.15) is 12.2 Å². The van der Waals surface area contributed by atoms with E-state index in [1.165, 1.54) is 10.7 Å². The number of carboxylic acids is 1. The number of rotatable bonds is 4. The van der Waals surface area contributed by atoms with Gasteiger partial charge in [0, 0.05) is 19.5 Å². The van der Waals surface area contributed by atoms with E-state index in [2.05, 4.69) is 10.1 Å². The number of aromatic nitrogens is 3. The number of benzene rings is 1. The Morgan fingerprint density at radius 3 is 2.79 bits per heavy atom. The third-order valence-corrected chi connectivity index (χ3v) is 2.59. The van der Waals surface area contributed by atoms with Gasteiger partial charge < -0.3 is 5.11 Å². The van der Waals surface area contributed by atoms with Crippen molar-refractivity contribution in [1.29, 1.82) is 0 Å². The lowest BCUT2D eigenvalue weighted by atomic mass is 10.2. The molecule has 0 aliphatic carbocycles. The topological polar surface area (TPSA) is 68.0 Å². The number of hydrogen-bond acceptors (Lipinski definition) is 3. The lowest BCUT2D eigenvalue weighted by molar-refractivity contribution is -0.137. The summed E-state index contributed by atoms with van der Waals surface area (Å²) in [6.07, 6.45) is 0.111. The molecule has 1 N–H and O–H groups in total. The van der Waals surface area contributed by atoms with Crippen LogP contribution in [0.25, 0.3) is 11.4 Å². The predicted octanol–water partition coefficient (Wildman–Crippen LogP) is 1.78. The van der Waals surface area contributed by atoms with E-state index in [4.69, 9.17) is 5.11 Å².